The van der Waals surface area contributed by atoms with E-state index < -0.39 is 0 Å². The molecule has 0 spiro atoms. The highest BCUT2D eigenvalue weighted by Gasteiger charge is 2.04. The highest BCUT2D eigenvalue weighted by molar-refractivity contribution is 5.28. The summed E-state index contributed by atoms with van der Waals surface area (Å²) in [5.74, 6) is 0.771. The molecule has 0 saturated carbocycles. The third kappa shape index (κ3) is 2.85. The van der Waals surface area contributed by atoms with Gasteiger partial charge < -0.3 is 0 Å². The van der Waals surface area contributed by atoms with Gasteiger partial charge in [0, 0.05) is 6.42 Å². The zero-order valence-electron chi connectivity index (χ0n) is 10.5. The van der Waals surface area contributed by atoms with E-state index in [4.69, 9.17) is 0 Å². The van der Waals surface area contributed by atoms with E-state index in [1.807, 2.05) is 48.5 Å². The van der Waals surface area contributed by atoms with Gasteiger partial charge in [0.15, 0.2) is 5.82 Å². The molecule has 4 heteroatoms. The Hall–Kier alpha value is -2.49. The molecule has 0 N–H and O–H groups in total. The van der Waals surface area contributed by atoms with Gasteiger partial charge in [0.2, 0.25) is 0 Å². The standard InChI is InChI=1S/C15H14N4/c1-3-7-13(8-4-1)11-12-15-16-18-19(17-15)14-9-5-2-6-10-14/h1-10H,11-12H2. The Morgan fingerprint density at radius 1 is 0.789 bits per heavy atom. The van der Waals surface area contributed by atoms with E-state index in [1.165, 1.54) is 5.56 Å². The van der Waals surface area contributed by atoms with Gasteiger partial charge in [-0.2, -0.15) is 0 Å². The van der Waals surface area contributed by atoms with Crippen molar-refractivity contribution in [2.24, 2.45) is 0 Å². The quantitative estimate of drug-likeness (QED) is 0.714. The predicted molar refractivity (Wildman–Crippen MR) is 73.0 cm³/mol. The fourth-order valence-corrected chi connectivity index (χ4v) is 1.91. The number of rotatable bonds is 4. The largest absolute Gasteiger partial charge is 0.175 e. The van der Waals surface area contributed by atoms with Crippen molar-refractivity contribution in [3.63, 3.8) is 0 Å². The first-order chi connectivity index (χ1) is 9.42. The number of aromatic nitrogens is 4. The second kappa shape index (κ2) is 5.44. The van der Waals surface area contributed by atoms with Crippen LogP contribution in [0, 0.1) is 0 Å². The molecule has 2 aromatic carbocycles. The summed E-state index contributed by atoms with van der Waals surface area (Å²) >= 11 is 0. The maximum Gasteiger partial charge on any atom is 0.175 e. The minimum absolute atomic E-state index is 0.771. The average Bonchev–Trinajstić information content (AvgIpc) is 2.96. The second-order valence-electron chi connectivity index (χ2n) is 4.32. The summed E-state index contributed by atoms with van der Waals surface area (Å²) in [4.78, 5) is 1.57. The van der Waals surface area contributed by atoms with Gasteiger partial charge in [0.25, 0.3) is 0 Å². The minimum atomic E-state index is 0.771. The van der Waals surface area contributed by atoms with Crippen molar-refractivity contribution in [3.8, 4) is 5.69 Å². The molecule has 3 aromatic rings. The number of para-hydroxylation sites is 1. The fourth-order valence-electron chi connectivity index (χ4n) is 1.91. The number of aryl methyl sites for hydroxylation is 2. The van der Waals surface area contributed by atoms with Gasteiger partial charge in [-0.15, -0.1) is 15.0 Å². The van der Waals surface area contributed by atoms with Crippen LogP contribution in [-0.2, 0) is 12.8 Å². The molecule has 0 fully saturated rings. The van der Waals surface area contributed by atoms with Crippen LogP contribution in [0.15, 0.2) is 60.7 Å². The number of tetrazole rings is 1. The molecule has 0 saturated heterocycles. The van der Waals surface area contributed by atoms with Crippen molar-refractivity contribution >= 4 is 0 Å². The maximum absolute atomic E-state index is 4.39. The van der Waals surface area contributed by atoms with E-state index in [0.717, 1.165) is 24.4 Å². The van der Waals surface area contributed by atoms with Gasteiger partial charge in [-0.25, -0.2) is 0 Å². The molecular formula is C15H14N4. The lowest BCUT2D eigenvalue weighted by Gasteiger charge is -1.97. The summed E-state index contributed by atoms with van der Waals surface area (Å²) in [6.45, 7) is 0. The molecule has 0 radical (unpaired) electrons. The minimum Gasteiger partial charge on any atom is -0.131 e. The molecule has 0 aliphatic carbocycles. The summed E-state index contributed by atoms with van der Waals surface area (Å²) in [5.41, 5.74) is 2.22. The van der Waals surface area contributed by atoms with Gasteiger partial charge in [0.05, 0.1) is 5.69 Å². The van der Waals surface area contributed by atoms with Gasteiger partial charge in [-0.1, -0.05) is 48.5 Å². The highest BCUT2D eigenvalue weighted by Crippen LogP contribution is 2.05. The molecule has 0 amide bonds. The maximum atomic E-state index is 4.39. The van der Waals surface area contributed by atoms with Crippen LogP contribution in [-0.4, -0.2) is 20.2 Å². The fraction of sp³-hybridized carbons (Fsp3) is 0.133. The summed E-state index contributed by atoms with van der Waals surface area (Å²) in [5, 5.41) is 12.6. The monoisotopic (exact) mass is 250 g/mol. The Labute approximate surface area is 111 Å². The average molecular weight is 250 g/mol. The summed E-state index contributed by atoms with van der Waals surface area (Å²) in [7, 11) is 0. The van der Waals surface area contributed by atoms with Gasteiger partial charge in [-0.3, -0.25) is 0 Å². The summed E-state index contributed by atoms with van der Waals surface area (Å²) in [6.07, 6.45) is 1.73. The molecule has 0 aliphatic rings. The van der Waals surface area contributed by atoms with Crippen LogP contribution >= 0.6 is 0 Å². The van der Waals surface area contributed by atoms with Crippen LogP contribution in [0.2, 0.25) is 0 Å². The SMILES string of the molecule is c1ccc(CCc2nnn(-c3ccccc3)n2)cc1. The normalized spacial score (nSPS) is 10.5. The smallest absolute Gasteiger partial charge is 0.131 e. The second-order valence-corrected chi connectivity index (χ2v) is 4.32. The van der Waals surface area contributed by atoms with Crippen LogP contribution in [0.4, 0.5) is 0 Å². The number of benzene rings is 2. The molecule has 1 heterocycles. The molecule has 0 bridgehead atoms. The van der Waals surface area contributed by atoms with Crippen molar-refractivity contribution in [2.75, 3.05) is 0 Å². The molecule has 4 nitrogen and oxygen atoms in total. The Morgan fingerprint density at radius 2 is 1.47 bits per heavy atom. The first-order valence-corrected chi connectivity index (χ1v) is 6.30. The van der Waals surface area contributed by atoms with E-state index in [9.17, 15) is 0 Å². The lowest BCUT2D eigenvalue weighted by Crippen LogP contribution is -1.99. The van der Waals surface area contributed by atoms with E-state index >= 15 is 0 Å². The predicted octanol–water partition coefficient (Wildman–Crippen LogP) is 2.45. The number of hydrogen-bond acceptors (Lipinski definition) is 3. The molecule has 94 valence electrons. The van der Waals surface area contributed by atoms with Crippen molar-refractivity contribution in [2.45, 2.75) is 12.8 Å². The molecular weight excluding hydrogens is 236 g/mol. The summed E-state index contributed by atoms with van der Waals surface area (Å²) in [6, 6.07) is 20.1. The van der Waals surface area contributed by atoms with Crippen LogP contribution < -0.4 is 0 Å². The molecule has 3 rings (SSSR count). The topological polar surface area (TPSA) is 43.6 Å². The first kappa shape index (κ1) is 11.6. The van der Waals surface area contributed by atoms with E-state index in [-0.39, 0.29) is 0 Å². The van der Waals surface area contributed by atoms with E-state index in [2.05, 4.69) is 27.5 Å². The van der Waals surface area contributed by atoms with E-state index in [0.29, 0.717) is 0 Å². The van der Waals surface area contributed by atoms with Crippen molar-refractivity contribution in [3.05, 3.63) is 72.1 Å². The van der Waals surface area contributed by atoms with Crippen LogP contribution in [0.3, 0.4) is 0 Å². The number of hydrogen-bond donors (Lipinski definition) is 0. The van der Waals surface area contributed by atoms with Crippen molar-refractivity contribution in [1.29, 1.82) is 0 Å². The third-order valence-electron chi connectivity index (χ3n) is 2.92. The zero-order chi connectivity index (χ0) is 12.9. The van der Waals surface area contributed by atoms with Gasteiger partial charge in [-0.05, 0) is 29.3 Å². The molecule has 0 unspecified atom stereocenters. The molecule has 1 aromatic heterocycles. The van der Waals surface area contributed by atoms with Crippen LogP contribution in [0.25, 0.3) is 5.69 Å². The third-order valence-corrected chi connectivity index (χ3v) is 2.92. The lowest BCUT2D eigenvalue weighted by atomic mass is 10.1. The molecule has 0 atom stereocenters. The lowest BCUT2D eigenvalue weighted by molar-refractivity contribution is 0.717. The van der Waals surface area contributed by atoms with Crippen LogP contribution in [0.1, 0.15) is 11.4 Å². The van der Waals surface area contributed by atoms with Crippen molar-refractivity contribution in [1.82, 2.24) is 20.2 Å². The van der Waals surface area contributed by atoms with E-state index in [1.54, 1.807) is 4.80 Å². The van der Waals surface area contributed by atoms with Gasteiger partial charge >= 0.3 is 0 Å². The highest BCUT2D eigenvalue weighted by atomic mass is 15.6. The summed E-state index contributed by atoms with van der Waals surface area (Å²) < 4.78 is 0. The molecule has 19 heavy (non-hydrogen) atoms. The Kier molecular flexibility index (Phi) is 3.32. The number of nitrogens with zero attached hydrogens (tertiary/aromatic N) is 4. The van der Waals surface area contributed by atoms with Crippen LogP contribution in [0.5, 0.6) is 0 Å². The molecule has 0 aliphatic heterocycles. The first-order valence-electron chi connectivity index (χ1n) is 6.30. The van der Waals surface area contributed by atoms with Crippen molar-refractivity contribution < 1.29 is 0 Å². The Morgan fingerprint density at radius 3 is 2.21 bits per heavy atom. The zero-order valence-corrected chi connectivity index (χ0v) is 10.5. The van der Waals surface area contributed by atoms with Gasteiger partial charge in [0.1, 0.15) is 0 Å². The Bertz CT molecular complexity index is 632. The Balaban J connectivity index is 1.69.